The minimum absolute atomic E-state index is 0.0485. The highest BCUT2D eigenvalue weighted by atomic mass is 15.2. The molecule has 5 nitrogen and oxygen atoms in total. The summed E-state index contributed by atoms with van der Waals surface area (Å²) in [4.78, 5) is 6.25. The minimum atomic E-state index is 0.0485. The first-order chi connectivity index (χ1) is 6.15. The molecule has 0 amide bonds. The second-order valence-corrected chi connectivity index (χ2v) is 3.17. The smallest absolute Gasteiger partial charge is 0.169 e. The van der Waals surface area contributed by atoms with Gasteiger partial charge in [0.15, 0.2) is 5.82 Å². The zero-order chi connectivity index (χ0) is 9.84. The van der Waals surface area contributed by atoms with Crippen molar-refractivity contribution >= 4 is 0 Å². The molecular weight excluding hydrogens is 166 g/mol. The van der Waals surface area contributed by atoms with Gasteiger partial charge in [0.05, 0.1) is 17.9 Å². The summed E-state index contributed by atoms with van der Waals surface area (Å²) in [6, 6.07) is 0.0485. The zero-order valence-corrected chi connectivity index (χ0v) is 8.23. The van der Waals surface area contributed by atoms with E-state index in [1.165, 1.54) is 0 Å². The van der Waals surface area contributed by atoms with Crippen LogP contribution in [-0.2, 0) is 0 Å². The third-order valence-electron chi connectivity index (χ3n) is 1.84. The van der Waals surface area contributed by atoms with Crippen molar-refractivity contribution < 1.29 is 0 Å². The standard InChI is InChI=1S/C8H15N5/c1-6-5-10-12-8(11-6)7(4-9)13(2)3/h5,7H,4,9H2,1-3H3. The molecule has 0 radical (unpaired) electrons. The van der Waals surface area contributed by atoms with E-state index >= 15 is 0 Å². The lowest BCUT2D eigenvalue weighted by Crippen LogP contribution is -2.29. The Morgan fingerprint density at radius 1 is 1.54 bits per heavy atom. The summed E-state index contributed by atoms with van der Waals surface area (Å²) < 4.78 is 0. The van der Waals surface area contributed by atoms with Gasteiger partial charge in [-0.05, 0) is 21.0 Å². The van der Waals surface area contributed by atoms with Gasteiger partial charge >= 0.3 is 0 Å². The van der Waals surface area contributed by atoms with Crippen molar-refractivity contribution in [1.29, 1.82) is 0 Å². The summed E-state index contributed by atoms with van der Waals surface area (Å²) in [7, 11) is 3.90. The number of rotatable bonds is 3. The second-order valence-electron chi connectivity index (χ2n) is 3.17. The maximum atomic E-state index is 5.61. The molecule has 1 unspecified atom stereocenters. The van der Waals surface area contributed by atoms with Gasteiger partial charge in [0, 0.05) is 6.54 Å². The van der Waals surface area contributed by atoms with Crippen LogP contribution in [0.4, 0.5) is 0 Å². The van der Waals surface area contributed by atoms with Gasteiger partial charge in [0.1, 0.15) is 0 Å². The van der Waals surface area contributed by atoms with E-state index in [4.69, 9.17) is 5.73 Å². The number of hydrogen-bond donors (Lipinski definition) is 1. The van der Waals surface area contributed by atoms with Crippen LogP contribution in [0.1, 0.15) is 17.6 Å². The number of likely N-dealkylation sites (N-methyl/N-ethyl adjacent to an activating group) is 1. The number of nitrogens with zero attached hydrogens (tertiary/aromatic N) is 4. The van der Waals surface area contributed by atoms with E-state index in [1.54, 1.807) is 6.20 Å². The number of aryl methyl sites for hydroxylation is 1. The predicted molar refractivity (Wildman–Crippen MR) is 50.0 cm³/mol. The van der Waals surface area contributed by atoms with Crippen LogP contribution in [0.15, 0.2) is 6.20 Å². The fraction of sp³-hybridized carbons (Fsp3) is 0.625. The topological polar surface area (TPSA) is 67.9 Å². The van der Waals surface area contributed by atoms with Crippen LogP contribution in [0.2, 0.25) is 0 Å². The Kier molecular flexibility index (Phi) is 3.27. The van der Waals surface area contributed by atoms with Crippen molar-refractivity contribution in [2.75, 3.05) is 20.6 Å². The van der Waals surface area contributed by atoms with E-state index in [-0.39, 0.29) is 6.04 Å². The third kappa shape index (κ3) is 2.43. The monoisotopic (exact) mass is 181 g/mol. The molecule has 0 fully saturated rings. The van der Waals surface area contributed by atoms with Crippen LogP contribution in [0.5, 0.6) is 0 Å². The average molecular weight is 181 g/mol. The van der Waals surface area contributed by atoms with Gasteiger partial charge in [-0.25, -0.2) is 4.98 Å². The number of hydrogen-bond acceptors (Lipinski definition) is 5. The van der Waals surface area contributed by atoms with Gasteiger partial charge in [-0.15, -0.1) is 5.10 Å². The fourth-order valence-electron chi connectivity index (χ4n) is 1.09. The van der Waals surface area contributed by atoms with E-state index in [0.29, 0.717) is 12.4 Å². The van der Waals surface area contributed by atoms with E-state index in [1.807, 2.05) is 25.9 Å². The Morgan fingerprint density at radius 2 is 2.23 bits per heavy atom. The molecule has 0 aliphatic heterocycles. The SMILES string of the molecule is Cc1cnnc(C(CN)N(C)C)n1. The van der Waals surface area contributed by atoms with Crippen LogP contribution >= 0.6 is 0 Å². The summed E-state index contributed by atoms with van der Waals surface area (Å²) in [6.45, 7) is 2.39. The summed E-state index contributed by atoms with van der Waals surface area (Å²) in [6.07, 6.45) is 1.63. The van der Waals surface area contributed by atoms with Gasteiger partial charge in [-0.2, -0.15) is 5.10 Å². The molecule has 13 heavy (non-hydrogen) atoms. The molecule has 72 valence electrons. The van der Waals surface area contributed by atoms with E-state index < -0.39 is 0 Å². The highest BCUT2D eigenvalue weighted by Crippen LogP contribution is 2.10. The number of aromatic nitrogens is 3. The zero-order valence-electron chi connectivity index (χ0n) is 8.23. The molecule has 0 saturated heterocycles. The molecule has 0 saturated carbocycles. The molecule has 0 aliphatic rings. The van der Waals surface area contributed by atoms with E-state index in [9.17, 15) is 0 Å². The van der Waals surface area contributed by atoms with Gasteiger partial charge < -0.3 is 5.73 Å². The molecule has 1 heterocycles. The summed E-state index contributed by atoms with van der Waals surface area (Å²) in [5, 5.41) is 7.79. The van der Waals surface area contributed by atoms with E-state index in [0.717, 1.165) is 5.69 Å². The Morgan fingerprint density at radius 3 is 2.69 bits per heavy atom. The Balaban J connectivity index is 2.91. The molecule has 0 spiro atoms. The second kappa shape index (κ2) is 4.25. The predicted octanol–water partition coefficient (Wildman–Crippen LogP) is -0.259. The third-order valence-corrected chi connectivity index (χ3v) is 1.84. The van der Waals surface area contributed by atoms with Crippen molar-refractivity contribution in [3.8, 4) is 0 Å². The van der Waals surface area contributed by atoms with Crippen LogP contribution in [0.3, 0.4) is 0 Å². The maximum absolute atomic E-state index is 5.61. The molecule has 1 atom stereocenters. The van der Waals surface area contributed by atoms with Gasteiger partial charge in [0.25, 0.3) is 0 Å². The molecule has 1 rings (SSSR count). The Hall–Kier alpha value is -1.07. The highest BCUT2D eigenvalue weighted by molar-refractivity contribution is 4.98. The van der Waals surface area contributed by atoms with Gasteiger partial charge in [0.2, 0.25) is 0 Å². The van der Waals surface area contributed by atoms with E-state index in [2.05, 4.69) is 15.2 Å². The largest absolute Gasteiger partial charge is 0.328 e. The molecular formula is C8H15N5. The lowest BCUT2D eigenvalue weighted by atomic mass is 10.2. The van der Waals surface area contributed by atoms with Crippen molar-refractivity contribution in [1.82, 2.24) is 20.1 Å². The van der Waals surface area contributed by atoms with Crippen LogP contribution in [0.25, 0.3) is 0 Å². The quantitative estimate of drug-likeness (QED) is 0.696. The van der Waals surface area contributed by atoms with Gasteiger partial charge in [-0.3, -0.25) is 4.90 Å². The first-order valence-electron chi connectivity index (χ1n) is 4.18. The molecule has 1 aromatic rings. The summed E-state index contributed by atoms with van der Waals surface area (Å²) >= 11 is 0. The first-order valence-corrected chi connectivity index (χ1v) is 4.18. The van der Waals surface area contributed by atoms with Crippen LogP contribution < -0.4 is 5.73 Å². The maximum Gasteiger partial charge on any atom is 0.169 e. The van der Waals surface area contributed by atoms with Crippen LogP contribution in [0, 0.1) is 6.92 Å². The molecule has 0 aliphatic carbocycles. The Bertz CT molecular complexity index is 273. The normalized spacial score (nSPS) is 13.3. The summed E-state index contributed by atoms with van der Waals surface area (Å²) in [5.74, 6) is 0.688. The number of nitrogens with two attached hydrogens (primary N) is 1. The highest BCUT2D eigenvalue weighted by Gasteiger charge is 2.15. The average Bonchev–Trinajstić information content (AvgIpc) is 2.04. The fourth-order valence-corrected chi connectivity index (χ4v) is 1.09. The van der Waals surface area contributed by atoms with Gasteiger partial charge in [-0.1, -0.05) is 0 Å². The lowest BCUT2D eigenvalue weighted by Gasteiger charge is -2.20. The van der Waals surface area contributed by atoms with Crippen molar-refractivity contribution in [3.05, 3.63) is 17.7 Å². The first kappa shape index (κ1) is 10.0. The minimum Gasteiger partial charge on any atom is -0.328 e. The van der Waals surface area contributed by atoms with Crippen molar-refractivity contribution in [3.63, 3.8) is 0 Å². The Labute approximate surface area is 78.0 Å². The molecule has 2 N–H and O–H groups in total. The molecule has 0 aromatic carbocycles. The van der Waals surface area contributed by atoms with Crippen molar-refractivity contribution in [2.45, 2.75) is 13.0 Å². The molecule has 0 bridgehead atoms. The lowest BCUT2D eigenvalue weighted by molar-refractivity contribution is 0.291. The molecule has 1 aromatic heterocycles. The molecule has 5 heteroatoms. The van der Waals surface area contributed by atoms with Crippen molar-refractivity contribution in [2.24, 2.45) is 5.73 Å². The van der Waals surface area contributed by atoms with Crippen LogP contribution in [-0.4, -0.2) is 40.7 Å². The summed E-state index contributed by atoms with van der Waals surface area (Å²) in [5.41, 5.74) is 6.47.